The van der Waals surface area contributed by atoms with E-state index in [0.29, 0.717) is 60.1 Å². The monoisotopic (exact) mass is 481 g/mol. The average molecular weight is 482 g/mol. The molecule has 0 bridgehead atoms. The Bertz CT molecular complexity index is 977. The van der Waals surface area contributed by atoms with Gasteiger partial charge in [0, 0.05) is 37.2 Å². The van der Waals surface area contributed by atoms with Gasteiger partial charge in [0.05, 0.1) is 30.9 Å². The maximum Gasteiger partial charge on any atom is 0.409 e. The largest absolute Gasteiger partial charge is 0.495 e. The van der Waals surface area contributed by atoms with Gasteiger partial charge >= 0.3 is 12.1 Å². The molecule has 2 N–H and O–H groups in total. The van der Waals surface area contributed by atoms with E-state index in [4.69, 9.17) is 21.1 Å². The number of hydrogen-bond acceptors (Lipinski definition) is 7. The number of nitrogens with one attached hydrogen (secondary N) is 2. The molecule has 0 spiro atoms. The minimum atomic E-state index is -0.368. The van der Waals surface area contributed by atoms with Crippen molar-refractivity contribution in [2.45, 2.75) is 13.3 Å². The van der Waals surface area contributed by atoms with Crippen LogP contribution in [0, 0.1) is 0 Å². The number of piperazine rings is 1. The highest BCUT2D eigenvalue weighted by Crippen LogP contribution is 2.27. The summed E-state index contributed by atoms with van der Waals surface area (Å²) in [5.74, 6) is 0.261. The molecule has 1 fully saturated rings. The summed E-state index contributed by atoms with van der Waals surface area (Å²) in [4.78, 5) is 44.0. The molecule has 0 unspecified atom stereocenters. The molecule has 1 aliphatic heterocycles. The highest BCUT2D eigenvalue weighted by molar-refractivity contribution is 7.13. The lowest BCUT2D eigenvalue weighted by atomic mass is 10.2. The Balaban J connectivity index is 1.47. The van der Waals surface area contributed by atoms with Gasteiger partial charge in [-0.2, -0.15) is 0 Å². The second-order valence-electron chi connectivity index (χ2n) is 6.82. The molecule has 0 saturated carbocycles. The zero-order valence-electron chi connectivity index (χ0n) is 17.7. The molecule has 2 heterocycles. The molecule has 12 heteroatoms. The summed E-state index contributed by atoms with van der Waals surface area (Å²) >= 11 is 7.31. The molecule has 1 saturated heterocycles. The van der Waals surface area contributed by atoms with E-state index in [9.17, 15) is 14.4 Å². The van der Waals surface area contributed by atoms with Crippen molar-refractivity contribution < 1.29 is 23.9 Å². The number of hydrogen-bond donors (Lipinski definition) is 2. The Morgan fingerprint density at radius 2 is 1.88 bits per heavy atom. The van der Waals surface area contributed by atoms with Gasteiger partial charge in [-0.15, -0.1) is 11.3 Å². The average Bonchev–Trinajstić information content (AvgIpc) is 3.20. The van der Waals surface area contributed by atoms with Crippen LogP contribution in [0.1, 0.15) is 12.6 Å². The van der Waals surface area contributed by atoms with Crippen LogP contribution >= 0.6 is 22.9 Å². The van der Waals surface area contributed by atoms with Crippen LogP contribution in [-0.4, -0.2) is 72.7 Å². The van der Waals surface area contributed by atoms with Gasteiger partial charge in [-0.05, 0) is 25.1 Å². The maximum absolute atomic E-state index is 12.5. The third kappa shape index (κ3) is 6.24. The summed E-state index contributed by atoms with van der Waals surface area (Å²) in [6.45, 7) is 3.68. The molecule has 32 heavy (non-hydrogen) atoms. The van der Waals surface area contributed by atoms with Gasteiger partial charge in [-0.1, -0.05) is 11.6 Å². The van der Waals surface area contributed by atoms with Gasteiger partial charge in [0.25, 0.3) is 0 Å². The standard InChI is InChI=1S/C20H24ClN5O5S/c1-3-31-20(29)26-8-6-25(7-9-26)19(28)24-18-23-14(12-32-18)11-17(27)22-13-4-5-16(30-2)15(21)10-13/h4-5,10,12H,3,6-9,11H2,1-2H3,(H,22,27)(H,23,24,28). The summed E-state index contributed by atoms with van der Waals surface area (Å²) in [7, 11) is 1.52. The predicted molar refractivity (Wildman–Crippen MR) is 122 cm³/mol. The molecule has 1 aromatic heterocycles. The Morgan fingerprint density at radius 3 is 2.53 bits per heavy atom. The van der Waals surface area contributed by atoms with E-state index in [0.717, 1.165) is 0 Å². The number of anilines is 2. The minimum absolute atomic E-state index is 0.0498. The van der Waals surface area contributed by atoms with Crippen LogP contribution in [0.2, 0.25) is 5.02 Å². The number of carbonyl (C=O) groups is 3. The second kappa shape index (κ2) is 11.0. The first-order valence-corrected chi connectivity index (χ1v) is 11.2. The van der Waals surface area contributed by atoms with Crippen LogP contribution in [-0.2, 0) is 16.0 Å². The van der Waals surface area contributed by atoms with Gasteiger partial charge in [-0.25, -0.2) is 14.6 Å². The van der Waals surface area contributed by atoms with Crippen LogP contribution in [0.4, 0.5) is 20.4 Å². The summed E-state index contributed by atoms with van der Waals surface area (Å²) in [6.07, 6.45) is -0.318. The fourth-order valence-electron chi connectivity index (χ4n) is 3.04. The molecule has 0 aliphatic carbocycles. The zero-order valence-corrected chi connectivity index (χ0v) is 19.3. The van der Waals surface area contributed by atoms with Crippen molar-refractivity contribution in [3.8, 4) is 5.75 Å². The Labute approximate surface area is 194 Å². The normalized spacial score (nSPS) is 13.5. The zero-order chi connectivity index (χ0) is 23.1. The third-order valence-corrected chi connectivity index (χ3v) is 5.74. The van der Waals surface area contributed by atoms with E-state index in [2.05, 4.69) is 15.6 Å². The van der Waals surface area contributed by atoms with Crippen LogP contribution in [0.3, 0.4) is 0 Å². The number of carbonyl (C=O) groups excluding carboxylic acids is 3. The molecular weight excluding hydrogens is 458 g/mol. The van der Waals surface area contributed by atoms with Gasteiger partial charge in [0.15, 0.2) is 5.13 Å². The van der Waals surface area contributed by atoms with E-state index in [1.165, 1.54) is 18.4 Å². The number of urea groups is 1. The number of ether oxygens (including phenoxy) is 2. The van der Waals surface area contributed by atoms with Gasteiger partial charge in [-0.3, -0.25) is 10.1 Å². The van der Waals surface area contributed by atoms with Crippen molar-refractivity contribution in [1.82, 2.24) is 14.8 Å². The Hall–Kier alpha value is -3.05. The molecule has 172 valence electrons. The number of amides is 4. The number of thiazole rings is 1. The SMILES string of the molecule is CCOC(=O)N1CCN(C(=O)Nc2nc(CC(=O)Nc3ccc(OC)c(Cl)c3)cs2)CC1. The third-order valence-electron chi connectivity index (χ3n) is 4.64. The Morgan fingerprint density at radius 1 is 1.16 bits per heavy atom. The fraction of sp³-hybridized carbons (Fsp3) is 0.400. The number of methoxy groups -OCH3 is 1. The molecule has 1 aromatic carbocycles. The second-order valence-corrected chi connectivity index (χ2v) is 8.09. The predicted octanol–water partition coefficient (Wildman–Crippen LogP) is 3.29. The smallest absolute Gasteiger partial charge is 0.409 e. The number of benzene rings is 1. The molecular formula is C20H24ClN5O5S. The lowest BCUT2D eigenvalue weighted by Crippen LogP contribution is -2.51. The van der Waals surface area contributed by atoms with Crippen molar-refractivity contribution in [3.63, 3.8) is 0 Å². The van der Waals surface area contributed by atoms with Gasteiger partial charge in [0.1, 0.15) is 5.75 Å². The quantitative estimate of drug-likeness (QED) is 0.654. The van der Waals surface area contributed by atoms with Gasteiger partial charge < -0.3 is 24.6 Å². The van der Waals surface area contributed by atoms with E-state index >= 15 is 0 Å². The van der Waals surface area contributed by atoms with Crippen LogP contribution < -0.4 is 15.4 Å². The van der Waals surface area contributed by atoms with Crippen LogP contribution in [0.5, 0.6) is 5.75 Å². The van der Waals surface area contributed by atoms with Gasteiger partial charge in [0.2, 0.25) is 5.91 Å². The van der Waals surface area contributed by atoms with Crippen molar-refractivity contribution in [2.24, 2.45) is 0 Å². The fourth-order valence-corrected chi connectivity index (χ4v) is 3.99. The van der Waals surface area contributed by atoms with E-state index in [-0.39, 0.29) is 24.5 Å². The summed E-state index contributed by atoms with van der Waals surface area (Å²) in [6, 6.07) is 4.66. The summed E-state index contributed by atoms with van der Waals surface area (Å²) in [5.41, 5.74) is 1.08. The molecule has 0 radical (unpaired) electrons. The highest BCUT2D eigenvalue weighted by Gasteiger charge is 2.25. The highest BCUT2D eigenvalue weighted by atomic mass is 35.5. The van der Waals surface area contributed by atoms with Crippen LogP contribution in [0.15, 0.2) is 23.6 Å². The number of halogens is 1. The summed E-state index contributed by atoms with van der Waals surface area (Å²) in [5, 5.41) is 8.01. The van der Waals surface area contributed by atoms with Crippen molar-refractivity contribution in [3.05, 3.63) is 34.3 Å². The number of rotatable bonds is 6. The first-order chi connectivity index (χ1) is 15.4. The van der Waals surface area contributed by atoms with E-state index in [1.54, 1.807) is 40.3 Å². The van der Waals surface area contributed by atoms with Crippen LogP contribution in [0.25, 0.3) is 0 Å². The molecule has 1 aliphatic rings. The van der Waals surface area contributed by atoms with E-state index in [1.807, 2.05) is 0 Å². The van der Waals surface area contributed by atoms with Crippen molar-refractivity contribution >= 4 is 51.8 Å². The molecule has 4 amide bonds. The Kier molecular flexibility index (Phi) is 8.12. The lowest BCUT2D eigenvalue weighted by Gasteiger charge is -2.33. The molecule has 10 nitrogen and oxygen atoms in total. The lowest BCUT2D eigenvalue weighted by molar-refractivity contribution is -0.115. The molecule has 3 rings (SSSR count). The number of aromatic nitrogens is 1. The number of nitrogens with zero attached hydrogens (tertiary/aromatic N) is 3. The maximum atomic E-state index is 12.5. The topological polar surface area (TPSA) is 113 Å². The minimum Gasteiger partial charge on any atom is -0.495 e. The molecule has 2 aromatic rings. The van der Waals surface area contributed by atoms with Crippen molar-refractivity contribution in [1.29, 1.82) is 0 Å². The summed E-state index contributed by atoms with van der Waals surface area (Å²) < 4.78 is 10.1. The first-order valence-electron chi connectivity index (χ1n) is 9.95. The van der Waals surface area contributed by atoms with E-state index < -0.39 is 0 Å². The van der Waals surface area contributed by atoms with Crippen molar-refractivity contribution in [2.75, 3.05) is 50.5 Å². The molecule has 0 atom stereocenters. The first kappa shape index (κ1) is 23.6.